The van der Waals surface area contributed by atoms with Crippen molar-refractivity contribution in [2.75, 3.05) is 50.3 Å². The van der Waals surface area contributed by atoms with Crippen molar-refractivity contribution >= 4 is 116 Å². The average molecular weight is 1570 g/mol. The number of ether oxygens (including phenoxy) is 4. The minimum Gasteiger partial charge on any atom is -1.00 e. The fourth-order valence-corrected chi connectivity index (χ4v) is 9.87. The number of Topliss-reactive ketones (excluding diaryl/α,β-unsaturated/α-hetero) is 1. The third kappa shape index (κ3) is 27.8. The Morgan fingerprint density at radius 1 is 0.644 bits per heavy atom. The molecule has 12 rings (SSSR count). The Morgan fingerprint density at radius 2 is 1.06 bits per heavy atom. The van der Waals surface area contributed by atoms with Crippen molar-refractivity contribution in [2.45, 2.75) is 63.6 Å². The van der Waals surface area contributed by atoms with E-state index in [1.165, 1.54) is 12.4 Å². The second kappa shape index (κ2) is 44.3. The van der Waals surface area contributed by atoms with E-state index in [1.807, 2.05) is 105 Å². The number of ketones is 1. The van der Waals surface area contributed by atoms with Crippen molar-refractivity contribution in [2.24, 2.45) is 0 Å². The third-order valence-corrected chi connectivity index (χ3v) is 14.5. The fourth-order valence-electron chi connectivity index (χ4n) is 7.84. The number of hydrogen-bond donors (Lipinski definition) is 5. The second-order valence-corrected chi connectivity index (χ2v) is 21.0. The molecule has 3 aliphatic rings. The maximum Gasteiger partial charge on any atom is 2.00 e. The number of para-hydroxylation sites is 2. The zero-order valence-electron chi connectivity index (χ0n) is 49.5. The van der Waals surface area contributed by atoms with E-state index < -0.39 is 23.1 Å². The number of phenolic OH excluding ortho intramolecular Hbond substituents is 1. The molecular weight excluding hydrogens is 1500 g/mol. The van der Waals surface area contributed by atoms with Crippen molar-refractivity contribution in [3.8, 4) is 17.4 Å². The summed E-state index contributed by atoms with van der Waals surface area (Å²) in [6.45, 7) is 7.07. The van der Waals surface area contributed by atoms with Crippen LogP contribution in [0.5, 0.6) is 17.4 Å². The molecule has 3 saturated heterocycles. The molecule has 18 nitrogen and oxygen atoms in total. The fraction of sp³-hybridized carbons (Fsp3) is 0.267. The molecule has 0 unspecified atom stereocenters. The summed E-state index contributed by atoms with van der Waals surface area (Å²) in [5.41, 5.74) is 2.73. The van der Waals surface area contributed by atoms with Gasteiger partial charge in [0, 0.05) is 106 Å². The molecule has 9 aromatic rings. The number of benzene rings is 4. The van der Waals surface area contributed by atoms with Crippen LogP contribution in [0.25, 0.3) is 20.4 Å². The number of anilines is 4. The van der Waals surface area contributed by atoms with Crippen molar-refractivity contribution in [1.82, 2.24) is 24.9 Å². The van der Waals surface area contributed by atoms with Gasteiger partial charge in [-0.05, 0) is 119 Å². The average Bonchev–Trinajstić information content (AvgIpc) is 3.65. The van der Waals surface area contributed by atoms with Crippen LogP contribution in [0.15, 0.2) is 157 Å². The third-order valence-electron chi connectivity index (χ3n) is 12.0. The van der Waals surface area contributed by atoms with Gasteiger partial charge in [0.25, 0.3) is 6.47 Å². The molecule has 27 heteroatoms. The van der Waals surface area contributed by atoms with Crippen LogP contribution in [-0.4, -0.2) is 115 Å². The van der Waals surface area contributed by atoms with Crippen molar-refractivity contribution in [3.05, 3.63) is 186 Å². The number of aromatic nitrogens is 5. The molecule has 448 valence electrons. The Labute approximate surface area is 661 Å². The number of thiazole rings is 2. The first-order valence-corrected chi connectivity index (χ1v) is 28.5. The smallest absolute Gasteiger partial charge is 1.00 e. The maximum absolute atomic E-state index is 13.3. The van der Waals surface area contributed by atoms with Gasteiger partial charge >= 0.3 is 161 Å². The largest absolute Gasteiger partial charge is 2.00 e. The minimum atomic E-state index is -1.10. The molecule has 5 aromatic heterocycles. The Kier molecular flexibility index (Phi) is 41.1. The van der Waals surface area contributed by atoms with E-state index in [9.17, 15) is 28.9 Å². The van der Waals surface area contributed by atoms with Crippen molar-refractivity contribution < 1.29 is 214 Å². The summed E-state index contributed by atoms with van der Waals surface area (Å²) in [5, 5.41) is 47.1. The molecule has 87 heavy (non-hydrogen) atoms. The molecule has 0 amide bonds. The molecule has 0 spiro atoms. The molecule has 0 atom stereocenters. The number of pyridine rings is 3. The van der Waals surface area contributed by atoms with Gasteiger partial charge in [0.15, 0.2) is 10.3 Å². The molecular formula is C60H63BrClCs2F2MgN7O11S2. The van der Waals surface area contributed by atoms with E-state index in [0.29, 0.717) is 106 Å². The molecule has 0 bridgehead atoms. The van der Waals surface area contributed by atoms with Gasteiger partial charge in [0.1, 0.15) is 17.3 Å². The van der Waals surface area contributed by atoms with E-state index >= 15 is 0 Å². The van der Waals surface area contributed by atoms with Gasteiger partial charge in [-0.3, -0.25) is 9.59 Å². The molecule has 0 saturated carbocycles. The van der Waals surface area contributed by atoms with Crippen LogP contribution < -0.4 is 171 Å². The van der Waals surface area contributed by atoms with Crippen molar-refractivity contribution in [3.63, 3.8) is 0 Å². The van der Waals surface area contributed by atoms with Crippen LogP contribution in [-0.2, 0) is 39.9 Å². The number of rotatable bonds is 9. The van der Waals surface area contributed by atoms with E-state index in [-0.39, 0.29) is 192 Å². The van der Waals surface area contributed by atoms with Gasteiger partial charge in [0.2, 0.25) is 17.8 Å². The van der Waals surface area contributed by atoms with Gasteiger partial charge in [-0.2, -0.15) is 22.6 Å². The van der Waals surface area contributed by atoms with Gasteiger partial charge in [-0.25, -0.2) is 24.9 Å². The SMILES string of the molecule is C[CH-]C.Fc1ncccc1Br.O=C1CCOCC1.O=CO[O-].OC1(c2cccnc2F)CCOCC1.OC1(c2cccnc2Oc2ccc(Nc3nc4ccccc4s3)cc2)CCOCC1.Oc1ccc(Nc2nc3ccccc3s2)cc1.[Cl-].[Cs+].[Cs+].[H-].[Mg+2]. The summed E-state index contributed by atoms with van der Waals surface area (Å²) in [6, 6.07) is 40.8. The van der Waals surface area contributed by atoms with Crippen LogP contribution in [0, 0.1) is 18.3 Å². The predicted octanol–water partition coefficient (Wildman–Crippen LogP) is 2.95. The molecule has 0 radical (unpaired) electrons. The Hall–Kier alpha value is -2.29. The van der Waals surface area contributed by atoms with Crippen LogP contribution in [0.3, 0.4) is 0 Å². The number of halogens is 4. The molecule has 8 heterocycles. The number of carbonyl (C=O) groups is 2. The monoisotopic (exact) mass is 1560 g/mol. The Morgan fingerprint density at radius 3 is 1.47 bits per heavy atom. The molecule has 0 aliphatic carbocycles. The molecule has 5 N–H and O–H groups in total. The molecule has 3 fully saturated rings. The van der Waals surface area contributed by atoms with Crippen LogP contribution in [0.2, 0.25) is 0 Å². The summed E-state index contributed by atoms with van der Waals surface area (Å²) >= 11 is 6.18. The zero-order valence-corrected chi connectivity index (χ0v) is 66.4. The standard InChI is InChI=1S/C23H21N3O3S.C13H10N2OS.C10H12FNO2.C5H3BrFN.C5H8O2.C3H7.CH2O3.ClH.2Cs.Mg.H/c27-23(11-14-28-15-12-23)18-4-3-13-24-21(18)29-17-9-7-16(8-10-17)25-22-26-19-5-1-2-6-20(19)30-22;16-10-7-5-9(6-8-10)14-13-15-11-3-1-2-4-12(11)17-13;11-9-8(2-1-5-12-9)10(13)3-6-14-7-4-10;6-4-2-1-3-8-5(4)7;6-5-1-3-7-4-2-5;1-3-2;2-1-4-3;;;;;/h1-10,13,27H,11-12,14-15H2,(H,25,26);1-8,16H,(H,14,15);1-2,5,13H,3-4,6-7H2;1-3H;1-4H2;3H,1-2H3;1,3H;1H;;;;/q;;;;;-1;;;2*+1;+2;-1/p-2. The second-order valence-electron chi connectivity index (χ2n) is 18.1. The van der Waals surface area contributed by atoms with E-state index in [2.05, 4.69) is 68.5 Å². The number of nitrogens with one attached hydrogen (secondary N) is 2. The summed E-state index contributed by atoms with van der Waals surface area (Å²) in [5.74, 6) is 0.629. The minimum absolute atomic E-state index is 0. The van der Waals surface area contributed by atoms with Crippen molar-refractivity contribution in [1.29, 1.82) is 0 Å². The number of fused-ring (bicyclic) bond motifs is 2. The number of hydrogen-bond acceptors (Lipinski definition) is 20. The first kappa shape index (κ1) is 80.8. The van der Waals surface area contributed by atoms with E-state index in [4.69, 9.17) is 29.0 Å². The normalized spacial score (nSPS) is 14.0. The topological polar surface area (TPSA) is 253 Å². The van der Waals surface area contributed by atoms with Gasteiger partial charge < -0.3 is 75.3 Å². The number of phenols is 1. The number of aliphatic hydroxyl groups is 2. The summed E-state index contributed by atoms with van der Waals surface area (Å²) in [4.78, 5) is 42.0. The summed E-state index contributed by atoms with van der Waals surface area (Å²) in [7, 11) is 0. The first-order chi connectivity index (χ1) is 40.3. The molecule has 4 aromatic carbocycles. The maximum atomic E-state index is 13.3. The summed E-state index contributed by atoms with van der Waals surface area (Å²) in [6.07, 6.45) is 9.61. The summed E-state index contributed by atoms with van der Waals surface area (Å²) < 4.78 is 49.6. The number of aromatic hydroxyl groups is 1. The van der Waals surface area contributed by atoms with Gasteiger partial charge in [-0.1, -0.05) is 53.0 Å². The van der Waals surface area contributed by atoms with Crippen LogP contribution >= 0.6 is 38.6 Å². The number of nitrogens with zero attached hydrogens (tertiary/aromatic N) is 5. The predicted molar refractivity (Wildman–Crippen MR) is 323 cm³/mol. The van der Waals surface area contributed by atoms with Crippen LogP contribution in [0.4, 0.5) is 30.4 Å². The van der Waals surface area contributed by atoms with Gasteiger partial charge in [-0.15, -0.1) is 0 Å². The quantitative estimate of drug-likeness (QED) is 0.0265. The zero-order chi connectivity index (χ0) is 59.3. The first-order valence-electron chi connectivity index (χ1n) is 26.1. The number of carbonyl (C=O) groups excluding carboxylic acids is 2. The van der Waals surface area contributed by atoms with Gasteiger partial charge in [0.05, 0.1) is 49.3 Å². The Balaban J connectivity index is 0.000000573. The van der Waals surface area contributed by atoms with E-state index in [1.54, 1.807) is 65.3 Å². The van der Waals surface area contributed by atoms with E-state index in [0.717, 1.165) is 42.1 Å². The van der Waals surface area contributed by atoms with Crippen LogP contribution in [0.1, 0.15) is 64.9 Å². The molecule has 3 aliphatic heterocycles. The Bertz CT molecular complexity index is 3310.